The van der Waals surface area contributed by atoms with Gasteiger partial charge in [0.1, 0.15) is 11.5 Å². The number of benzene rings is 2. The molecule has 1 heterocycles. The molecule has 0 atom stereocenters. The van der Waals surface area contributed by atoms with Gasteiger partial charge in [0.25, 0.3) is 0 Å². The number of methoxy groups -OCH3 is 2. The minimum Gasteiger partial charge on any atom is -0.497 e. The molecular weight excluding hydrogens is 370 g/mol. The van der Waals surface area contributed by atoms with E-state index in [-0.39, 0.29) is 19.1 Å². The summed E-state index contributed by atoms with van der Waals surface area (Å²) in [6.07, 6.45) is -0.507. The van der Waals surface area contributed by atoms with Gasteiger partial charge >= 0.3 is 0 Å². The van der Waals surface area contributed by atoms with Crippen LogP contribution in [0.25, 0.3) is 0 Å². The fraction of sp³-hybridized carbons (Fsp3) is 0.350. The van der Waals surface area contributed by atoms with E-state index in [1.54, 1.807) is 32.2 Å². The molecule has 0 spiro atoms. The van der Waals surface area contributed by atoms with Crippen molar-refractivity contribution in [2.24, 2.45) is 5.41 Å². The lowest BCUT2D eigenvalue weighted by molar-refractivity contribution is -0.226. The number of halogens is 1. The van der Waals surface area contributed by atoms with Crippen LogP contribution in [0.1, 0.15) is 18.8 Å². The highest BCUT2D eigenvalue weighted by atomic mass is 35.5. The molecule has 1 fully saturated rings. The monoisotopic (exact) mass is 391 g/mol. The summed E-state index contributed by atoms with van der Waals surface area (Å²) in [5.74, 6) is 1.11. The highest BCUT2D eigenvalue weighted by Gasteiger charge is 2.40. The Morgan fingerprint density at radius 2 is 1.78 bits per heavy atom. The van der Waals surface area contributed by atoms with Crippen molar-refractivity contribution in [3.63, 3.8) is 0 Å². The predicted octanol–water partition coefficient (Wildman–Crippen LogP) is 4.05. The molecule has 2 aromatic rings. The molecule has 0 radical (unpaired) electrons. The SMILES string of the molecule is COc1ccc(C2OCC(C)(C(=O)Nc3ccc(OC)c(Cl)c3)CO2)cc1. The number of carbonyl (C=O) groups is 1. The molecule has 7 heteroatoms. The Bertz CT molecular complexity index is 801. The number of amides is 1. The number of hydrogen-bond acceptors (Lipinski definition) is 5. The zero-order valence-electron chi connectivity index (χ0n) is 15.5. The molecule has 0 aliphatic carbocycles. The van der Waals surface area contributed by atoms with Crippen molar-refractivity contribution in [3.8, 4) is 11.5 Å². The van der Waals surface area contributed by atoms with Crippen LogP contribution in [0.2, 0.25) is 5.02 Å². The van der Waals surface area contributed by atoms with Crippen LogP contribution in [0.3, 0.4) is 0 Å². The fourth-order valence-electron chi connectivity index (χ4n) is 2.72. The van der Waals surface area contributed by atoms with Crippen LogP contribution >= 0.6 is 11.6 Å². The van der Waals surface area contributed by atoms with E-state index in [2.05, 4.69) is 5.32 Å². The van der Waals surface area contributed by atoms with Crippen LogP contribution in [-0.4, -0.2) is 33.3 Å². The Balaban J connectivity index is 1.62. The summed E-state index contributed by atoms with van der Waals surface area (Å²) in [7, 11) is 3.15. The predicted molar refractivity (Wildman–Crippen MR) is 102 cm³/mol. The van der Waals surface area contributed by atoms with Crippen LogP contribution in [0.5, 0.6) is 11.5 Å². The van der Waals surface area contributed by atoms with Gasteiger partial charge in [-0.15, -0.1) is 0 Å². The van der Waals surface area contributed by atoms with Crippen molar-refractivity contribution in [1.29, 1.82) is 0 Å². The van der Waals surface area contributed by atoms with E-state index in [9.17, 15) is 4.79 Å². The first-order chi connectivity index (χ1) is 12.9. The van der Waals surface area contributed by atoms with Gasteiger partial charge in [-0.1, -0.05) is 23.7 Å². The third-order valence-corrected chi connectivity index (χ3v) is 4.75. The van der Waals surface area contributed by atoms with E-state index in [0.29, 0.717) is 16.5 Å². The zero-order valence-corrected chi connectivity index (χ0v) is 16.2. The highest BCUT2D eigenvalue weighted by molar-refractivity contribution is 6.32. The van der Waals surface area contributed by atoms with E-state index < -0.39 is 11.7 Å². The molecule has 0 bridgehead atoms. The quantitative estimate of drug-likeness (QED) is 0.833. The van der Waals surface area contributed by atoms with Gasteiger partial charge in [-0.2, -0.15) is 0 Å². The first-order valence-electron chi connectivity index (χ1n) is 8.47. The number of carbonyl (C=O) groups excluding carboxylic acids is 1. The van der Waals surface area contributed by atoms with Gasteiger partial charge in [-0.25, -0.2) is 0 Å². The Labute approximate surface area is 163 Å². The summed E-state index contributed by atoms with van der Waals surface area (Å²) in [6, 6.07) is 12.5. The summed E-state index contributed by atoms with van der Waals surface area (Å²) in [5.41, 5.74) is 0.652. The first-order valence-corrected chi connectivity index (χ1v) is 8.85. The molecule has 0 unspecified atom stereocenters. The van der Waals surface area contributed by atoms with Gasteiger partial charge in [-0.3, -0.25) is 4.79 Å². The molecule has 27 heavy (non-hydrogen) atoms. The number of nitrogens with one attached hydrogen (secondary N) is 1. The molecule has 1 N–H and O–H groups in total. The van der Waals surface area contributed by atoms with E-state index in [4.69, 9.17) is 30.5 Å². The third kappa shape index (κ3) is 4.35. The van der Waals surface area contributed by atoms with E-state index in [1.165, 1.54) is 7.11 Å². The summed E-state index contributed by atoms with van der Waals surface area (Å²) < 4.78 is 21.9. The maximum Gasteiger partial charge on any atom is 0.234 e. The molecule has 2 aromatic carbocycles. The van der Waals surface area contributed by atoms with Crippen LogP contribution in [0.15, 0.2) is 42.5 Å². The minimum absolute atomic E-state index is 0.197. The Morgan fingerprint density at radius 3 is 2.33 bits per heavy atom. The summed E-state index contributed by atoms with van der Waals surface area (Å²) >= 11 is 6.11. The van der Waals surface area contributed by atoms with Crippen LogP contribution in [0, 0.1) is 5.41 Å². The third-order valence-electron chi connectivity index (χ3n) is 4.45. The molecule has 144 valence electrons. The maximum absolute atomic E-state index is 12.7. The fourth-order valence-corrected chi connectivity index (χ4v) is 2.98. The van der Waals surface area contributed by atoms with Crippen molar-refractivity contribution < 1.29 is 23.7 Å². The summed E-state index contributed by atoms with van der Waals surface area (Å²) in [5, 5.41) is 3.29. The molecule has 0 saturated carbocycles. The normalized spacial score (nSPS) is 22.1. The summed E-state index contributed by atoms with van der Waals surface area (Å²) in [6.45, 7) is 2.27. The van der Waals surface area contributed by atoms with Crippen molar-refractivity contribution in [1.82, 2.24) is 0 Å². The van der Waals surface area contributed by atoms with Gasteiger partial charge in [0.05, 0.1) is 37.9 Å². The van der Waals surface area contributed by atoms with Crippen molar-refractivity contribution in [2.45, 2.75) is 13.2 Å². The van der Waals surface area contributed by atoms with Crippen molar-refractivity contribution in [3.05, 3.63) is 53.1 Å². The van der Waals surface area contributed by atoms with E-state index >= 15 is 0 Å². The average molecular weight is 392 g/mol. The Kier molecular flexibility index (Phi) is 5.89. The largest absolute Gasteiger partial charge is 0.497 e. The van der Waals surface area contributed by atoms with Crippen LogP contribution < -0.4 is 14.8 Å². The van der Waals surface area contributed by atoms with Crippen LogP contribution in [0.4, 0.5) is 5.69 Å². The number of rotatable bonds is 5. The van der Waals surface area contributed by atoms with Crippen molar-refractivity contribution >= 4 is 23.2 Å². The van der Waals surface area contributed by atoms with Crippen LogP contribution in [-0.2, 0) is 14.3 Å². The highest BCUT2D eigenvalue weighted by Crippen LogP contribution is 2.34. The molecule has 6 nitrogen and oxygen atoms in total. The lowest BCUT2D eigenvalue weighted by atomic mass is 9.90. The molecule has 0 aromatic heterocycles. The minimum atomic E-state index is -0.810. The Morgan fingerprint density at radius 1 is 1.11 bits per heavy atom. The van der Waals surface area contributed by atoms with Crippen molar-refractivity contribution in [2.75, 3.05) is 32.8 Å². The smallest absolute Gasteiger partial charge is 0.234 e. The lowest BCUT2D eigenvalue weighted by Gasteiger charge is -2.36. The second kappa shape index (κ2) is 8.17. The molecular formula is C20H22ClNO5. The second-order valence-electron chi connectivity index (χ2n) is 6.59. The number of ether oxygens (including phenoxy) is 4. The van der Waals surface area contributed by atoms with Gasteiger partial charge in [0, 0.05) is 11.3 Å². The first kappa shape index (κ1) is 19.5. The number of anilines is 1. The van der Waals surface area contributed by atoms with Gasteiger partial charge in [-0.05, 0) is 37.3 Å². The zero-order chi connectivity index (χ0) is 19.4. The van der Waals surface area contributed by atoms with Gasteiger partial charge in [0.2, 0.25) is 5.91 Å². The molecule has 3 rings (SSSR count). The summed E-state index contributed by atoms with van der Waals surface area (Å²) in [4.78, 5) is 12.7. The average Bonchev–Trinajstić information content (AvgIpc) is 2.69. The van der Waals surface area contributed by atoms with E-state index in [1.807, 2.05) is 24.3 Å². The molecule has 1 aliphatic rings. The molecule has 1 saturated heterocycles. The maximum atomic E-state index is 12.7. The standard InChI is InChI=1S/C20H22ClNO5/c1-20(19(23)22-14-6-9-17(25-3)16(21)10-14)11-26-18(27-12-20)13-4-7-15(24-2)8-5-13/h4-10,18H,11-12H2,1-3H3,(H,22,23). The second-order valence-corrected chi connectivity index (χ2v) is 7.00. The van der Waals surface area contributed by atoms with Gasteiger partial charge < -0.3 is 24.3 Å². The molecule has 1 amide bonds. The molecule has 1 aliphatic heterocycles. The van der Waals surface area contributed by atoms with E-state index in [0.717, 1.165) is 11.3 Å². The van der Waals surface area contributed by atoms with Gasteiger partial charge in [0.15, 0.2) is 6.29 Å². The Hall–Kier alpha value is -2.28. The lowest BCUT2D eigenvalue weighted by Crippen LogP contribution is -2.45. The number of hydrogen-bond donors (Lipinski definition) is 1. The topological polar surface area (TPSA) is 66.0 Å².